The van der Waals surface area contributed by atoms with Crippen molar-refractivity contribution in [1.82, 2.24) is 9.80 Å². The van der Waals surface area contributed by atoms with Gasteiger partial charge in [-0.15, -0.1) is 0 Å². The number of fused-ring (bicyclic) bond motifs is 4. The highest BCUT2D eigenvalue weighted by Gasteiger charge is 2.58. The van der Waals surface area contributed by atoms with E-state index >= 15 is 0 Å². The first-order valence-corrected chi connectivity index (χ1v) is 18.2. The van der Waals surface area contributed by atoms with Crippen LogP contribution in [0.3, 0.4) is 0 Å². The number of hydrogen-bond acceptors (Lipinski definition) is 7. The van der Waals surface area contributed by atoms with Crippen LogP contribution in [0.5, 0.6) is 23.0 Å². The molecule has 2 amide bonds. The topological polar surface area (TPSA) is 94.6 Å². The molecule has 4 atom stereocenters. The number of carbonyl (C=O) groups excluding carboxylic acids is 3. The molecule has 4 aliphatic carbocycles. The summed E-state index contributed by atoms with van der Waals surface area (Å²) in [6.45, 7) is 4.80. The minimum Gasteiger partial charge on any atom is -0.482 e. The molecule has 4 unspecified atom stereocenters. The van der Waals surface area contributed by atoms with Crippen molar-refractivity contribution in [3.05, 3.63) is 47.5 Å². The Morgan fingerprint density at radius 1 is 0.542 bits per heavy atom. The molecule has 48 heavy (non-hydrogen) atoms. The maximum absolute atomic E-state index is 14.1. The minimum absolute atomic E-state index is 0.0529. The minimum atomic E-state index is -0.888. The molecule has 0 spiro atoms. The van der Waals surface area contributed by atoms with Gasteiger partial charge in [0.2, 0.25) is 0 Å². The summed E-state index contributed by atoms with van der Waals surface area (Å²) in [5.74, 6) is 4.77. The number of amides is 2. The average molecular weight is 653 g/mol. The molecule has 252 valence electrons. The van der Waals surface area contributed by atoms with E-state index in [2.05, 4.69) is 0 Å². The third-order valence-corrected chi connectivity index (χ3v) is 12.3. The lowest BCUT2D eigenvalue weighted by Gasteiger charge is -2.55. The molecule has 2 bridgehead atoms. The molecular weight excluding hydrogens is 608 g/mol. The maximum Gasteiger partial charge on any atom is 0.254 e. The smallest absolute Gasteiger partial charge is 0.254 e. The van der Waals surface area contributed by atoms with Crippen LogP contribution in [0, 0.1) is 34.5 Å². The summed E-state index contributed by atoms with van der Waals surface area (Å²) in [7, 11) is 0. The van der Waals surface area contributed by atoms with Crippen molar-refractivity contribution >= 4 is 17.6 Å². The Hall–Kier alpha value is -3.75. The van der Waals surface area contributed by atoms with Gasteiger partial charge in [0.25, 0.3) is 11.8 Å². The first-order chi connectivity index (χ1) is 23.2. The second kappa shape index (κ2) is 10.1. The van der Waals surface area contributed by atoms with Crippen molar-refractivity contribution in [3.63, 3.8) is 0 Å². The van der Waals surface area contributed by atoms with Crippen molar-refractivity contribution in [2.45, 2.75) is 89.6 Å². The van der Waals surface area contributed by atoms with E-state index < -0.39 is 10.8 Å². The van der Waals surface area contributed by atoms with Gasteiger partial charge in [-0.3, -0.25) is 14.4 Å². The van der Waals surface area contributed by atoms with Crippen molar-refractivity contribution in [1.29, 1.82) is 0 Å². The Labute approximate surface area is 281 Å². The SMILES string of the molecule is CC12CN(C(=O)c3ccc4c(c3)OC(C3CC3)C(C3CC3)O4)CC(C)(CN(C(=O)c3ccc4c(c3)OC(C3CC3)C(C3CC3)O4)C1)C2=O. The lowest BCUT2D eigenvalue weighted by atomic mass is 9.64. The van der Waals surface area contributed by atoms with Crippen LogP contribution >= 0.6 is 0 Å². The number of Topliss-reactive ketones (excluding diaryl/α,β-unsaturated/α-hetero) is 1. The van der Waals surface area contributed by atoms with Crippen molar-refractivity contribution in [2.75, 3.05) is 26.2 Å². The molecule has 0 radical (unpaired) electrons. The monoisotopic (exact) mass is 652 g/mol. The van der Waals surface area contributed by atoms with Crippen LogP contribution in [-0.2, 0) is 4.79 Å². The van der Waals surface area contributed by atoms with Gasteiger partial charge in [-0.1, -0.05) is 0 Å². The van der Waals surface area contributed by atoms with Gasteiger partial charge in [0.05, 0.1) is 10.8 Å². The molecule has 2 aromatic carbocycles. The number of rotatable bonds is 6. The van der Waals surface area contributed by atoms with E-state index in [1.807, 2.05) is 50.2 Å². The molecule has 2 aromatic rings. The Balaban J connectivity index is 0.865. The molecule has 4 heterocycles. The summed E-state index contributed by atoms with van der Waals surface area (Å²) >= 11 is 0. The predicted molar refractivity (Wildman–Crippen MR) is 174 cm³/mol. The predicted octanol–water partition coefficient (Wildman–Crippen LogP) is 5.54. The summed E-state index contributed by atoms with van der Waals surface area (Å²) in [5, 5.41) is 0. The van der Waals surface area contributed by atoms with Crippen LogP contribution in [0.15, 0.2) is 36.4 Å². The number of carbonyl (C=O) groups is 3. The zero-order valence-corrected chi connectivity index (χ0v) is 27.8. The van der Waals surface area contributed by atoms with Crippen LogP contribution in [0.25, 0.3) is 0 Å². The summed E-state index contributed by atoms with van der Waals surface area (Å²) in [4.78, 5) is 45.6. The fraction of sp³-hybridized carbons (Fsp3) is 0.615. The third kappa shape index (κ3) is 4.81. The van der Waals surface area contributed by atoms with Gasteiger partial charge in [0, 0.05) is 37.3 Å². The first kappa shape index (κ1) is 29.2. The second-order valence-electron chi connectivity index (χ2n) is 16.8. The van der Waals surface area contributed by atoms with Crippen molar-refractivity contribution in [2.24, 2.45) is 34.5 Å². The first-order valence-electron chi connectivity index (χ1n) is 18.2. The van der Waals surface area contributed by atoms with Crippen molar-refractivity contribution < 1.29 is 33.3 Å². The molecule has 0 N–H and O–H groups in total. The highest BCUT2D eigenvalue weighted by atomic mass is 16.6. The maximum atomic E-state index is 14.1. The highest BCUT2D eigenvalue weighted by Crippen LogP contribution is 2.51. The molecule has 9 nitrogen and oxygen atoms in total. The Kier molecular flexibility index (Phi) is 6.17. The lowest BCUT2D eigenvalue weighted by molar-refractivity contribution is -0.153. The molecule has 10 rings (SSSR count). The van der Waals surface area contributed by atoms with Gasteiger partial charge in [-0.05, 0) is 125 Å². The van der Waals surface area contributed by atoms with Crippen LogP contribution in [0.4, 0.5) is 0 Å². The largest absolute Gasteiger partial charge is 0.482 e. The number of benzene rings is 2. The van der Waals surface area contributed by atoms with Gasteiger partial charge in [-0.25, -0.2) is 0 Å². The summed E-state index contributed by atoms with van der Waals surface area (Å²) in [6, 6.07) is 11.0. The molecule has 4 aliphatic heterocycles. The zero-order chi connectivity index (χ0) is 32.5. The quantitative estimate of drug-likeness (QED) is 0.405. The summed E-state index contributed by atoms with van der Waals surface area (Å²) in [6.07, 6.45) is 9.74. The third-order valence-electron chi connectivity index (χ3n) is 12.3. The molecule has 4 saturated carbocycles. The van der Waals surface area contributed by atoms with Gasteiger partial charge < -0.3 is 28.7 Å². The number of hydrogen-bond donors (Lipinski definition) is 0. The lowest BCUT2D eigenvalue weighted by Crippen LogP contribution is -2.69. The van der Waals surface area contributed by atoms with Crippen LogP contribution in [0.1, 0.15) is 85.9 Å². The number of ether oxygens (including phenoxy) is 4. The van der Waals surface area contributed by atoms with Crippen LogP contribution in [0.2, 0.25) is 0 Å². The van der Waals surface area contributed by atoms with E-state index in [-0.39, 0.29) is 68.2 Å². The van der Waals surface area contributed by atoms with Gasteiger partial charge in [0.1, 0.15) is 24.4 Å². The number of ketones is 1. The van der Waals surface area contributed by atoms with Gasteiger partial charge in [-0.2, -0.15) is 0 Å². The highest BCUT2D eigenvalue weighted by molar-refractivity contribution is 6.01. The van der Waals surface area contributed by atoms with Crippen LogP contribution < -0.4 is 18.9 Å². The van der Waals surface area contributed by atoms with E-state index in [0.29, 0.717) is 57.8 Å². The molecule has 8 aliphatic rings. The number of likely N-dealkylation sites (tertiary alicyclic amines) is 2. The standard InChI is InChI=1S/C39H44N2O7/c1-38-17-40(35(42)25-11-13-27-29(15-25)47-33(23-7-8-23)31(45-27)21-3-4-21)19-39(2,37(38)44)20-41(18-38)36(43)26-12-14-28-30(16-26)48-34(24-9-10-24)32(46-28)22-5-6-22/h11-16,21-24,31-34H,3-10,17-20H2,1-2H3. The summed E-state index contributed by atoms with van der Waals surface area (Å²) < 4.78 is 25.9. The summed E-state index contributed by atoms with van der Waals surface area (Å²) in [5.41, 5.74) is -0.703. The van der Waals surface area contributed by atoms with Gasteiger partial charge in [0.15, 0.2) is 28.8 Å². The zero-order valence-electron chi connectivity index (χ0n) is 27.8. The van der Waals surface area contributed by atoms with Crippen molar-refractivity contribution in [3.8, 4) is 23.0 Å². The molecule has 0 aromatic heterocycles. The fourth-order valence-corrected chi connectivity index (χ4v) is 9.24. The van der Waals surface area contributed by atoms with E-state index in [9.17, 15) is 14.4 Å². The van der Waals surface area contributed by atoms with Crippen LogP contribution in [-0.4, -0.2) is 78.0 Å². The average Bonchev–Trinajstić information content (AvgIpc) is 3.90. The normalized spacial score (nSPS) is 35.3. The Morgan fingerprint density at radius 3 is 1.17 bits per heavy atom. The molecule has 9 heteroatoms. The number of piperidine rings is 2. The Morgan fingerprint density at radius 2 is 0.854 bits per heavy atom. The van der Waals surface area contributed by atoms with E-state index in [4.69, 9.17) is 18.9 Å². The second-order valence-corrected chi connectivity index (χ2v) is 16.8. The van der Waals surface area contributed by atoms with E-state index in [1.54, 1.807) is 9.80 Å². The van der Waals surface area contributed by atoms with E-state index in [0.717, 1.165) is 0 Å². The molecule has 6 fully saturated rings. The molecular formula is C39H44N2O7. The Bertz CT molecular complexity index is 1590. The molecule has 2 saturated heterocycles. The van der Waals surface area contributed by atoms with Gasteiger partial charge >= 0.3 is 0 Å². The van der Waals surface area contributed by atoms with E-state index in [1.165, 1.54) is 51.4 Å². The fourth-order valence-electron chi connectivity index (χ4n) is 9.24. The number of nitrogens with zero attached hydrogens (tertiary/aromatic N) is 2.